The molecule has 3 aromatic rings. The number of nitrogens with zero attached hydrogens (tertiary/aromatic N) is 3. The maximum absolute atomic E-state index is 13.1. The summed E-state index contributed by atoms with van der Waals surface area (Å²) in [6.45, 7) is 16.9. The van der Waals surface area contributed by atoms with E-state index in [2.05, 4.69) is 25.7 Å². The third-order valence-corrected chi connectivity index (χ3v) is 15.3. The lowest BCUT2D eigenvalue weighted by atomic mass is 9.93. The number of hydrogen-bond acceptors (Lipinski definition) is 15. The number of anilines is 2. The highest BCUT2D eigenvalue weighted by Crippen LogP contribution is 2.35. The highest BCUT2D eigenvalue weighted by Gasteiger charge is 2.45. The average molecular weight is 839 g/mol. The maximum atomic E-state index is 13.1. The molecule has 0 bridgehead atoms. The van der Waals surface area contributed by atoms with Crippen LogP contribution in [0, 0.1) is 0 Å². The minimum Gasteiger partial charge on any atom is -0.359 e. The first-order valence-corrected chi connectivity index (χ1v) is 22.3. The van der Waals surface area contributed by atoms with Gasteiger partial charge in [0.2, 0.25) is 11.8 Å². The van der Waals surface area contributed by atoms with Crippen LogP contribution in [0.2, 0.25) is 0 Å². The lowest BCUT2D eigenvalue weighted by molar-refractivity contribution is -0.118. The first kappa shape index (κ1) is 43.3. The van der Waals surface area contributed by atoms with Gasteiger partial charge in [-0.1, -0.05) is 51.9 Å². The third-order valence-electron chi connectivity index (χ3n) is 8.57. The number of allylic oxidation sites excluding steroid dienone is 2. The van der Waals surface area contributed by atoms with Gasteiger partial charge in [0.15, 0.2) is 41.1 Å². The summed E-state index contributed by atoms with van der Waals surface area (Å²) in [5.41, 5.74) is 0.102. The quantitative estimate of drug-likeness (QED) is 0.230. The molecular formula is C35H46N6O10S4. The van der Waals surface area contributed by atoms with Gasteiger partial charge >= 0.3 is 0 Å². The fourth-order valence-electron chi connectivity index (χ4n) is 4.59. The predicted molar refractivity (Wildman–Crippen MR) is 209 cm³/mol. The number of rotatable bonds is 9. The summed E-state index contributed by atoms with van der Waals surface area (Å²) in [5, 5.41) is 12.6. The van der Waals surface area contributed by atoms with Crippen LogP contribution in [0.4, 0.5) is 11.6 Å². The molecule has 0 radical (unpaired) electrons. The summed E-state index contributed by atoms with van der Waals surface area (Å²) >= 11 is 1.33. The first-order chi connectivity index (χ1) is 25.0. The normalized spacial score (nSPS) is 15.2. The zero-order valence-corrected chi connectivity index (χ0v) is 35.6. The van der Waals surface area contributed by atoms with Crippen molar-refractivity contribution in [1.82, 2.24) is 19.3 Å². The SMILES string of the molecule is CC(C)(C)c1cc(NC(=O)C(C)(C)S(=O)(=O)C2=CC3=CNSN3C=C2)no1.CC(C)(C)c1cc(NC(=O)C(C)(C)S(=O)(=O)c2ccc(S(C)(=O)=O)cc2)no1. The number of nitrogens with one attached hydrogen (secondary N) is 3. The average Bonchev–Trinajstić information content (AvgIpc) is 3.85. The second-order valence-electron chi connectivity index (χ2n) is 15.8. The standard InChI is InChI=1S/C18H24N2O6S2.C17H22N4O4S2/c1-17(2,3)14-11-15(20-26-14)19-16(21)18(4,5)28(24,25)13-9-7-12(8-10-13)27(6,22)23;1-16(2,3)13-9-14(20-25-13)19-15(22)17(4,5)27(23,24)12-6-7-21-11(8-12)10-18-26-21/h7-11H,1-6H3,(H,19,20,21);6-10,18H,1-5H3,(H,19,20,22). The molecule has 16 nitrogen and oxygen atoms in total. The molecule has 300 valence electrons. The topological polar surface area (TPSA) is 228 Å². The van der Waals surface area contributed by atoms with Crippen LogP contribution in [0.3, 0.4) is 0 Å². The monoisotopic (exact) mass is 838 g/mol. The summed E-state index contributed by atoms with van der Waals surface area (Å²) in [6, 6.07) is 7.89. The van der Waals surface area contributed by atoms with Gasteiger partial charge in [-0.3, -0.25) is 13.9 Å². The van der Waals surface area contributed by atoms with Crippen molar-refractivity contribution in [3.8, 4) is 0 Å². The van der Waals surface area contributed by atoms with Crippen LogP contribution in [0.1, 0.15) is 80.8 Å². The van der Waals surface area contributed by atoms with Crippen molar-refractivity contribution in [3.63, 3.8) is 0 Å². The number of hydrogen-bond donors (Lipinski definition) is 3. The Morgan fingerprint density at radius 2 is 1.15 bits per heavy atom. The predicted octanol–water partition coefficient (Wildman–Crippen LogP) is 5.39. The summed E-state index contributed by atoms with van der Waals surface area (Å²) in [5.74, 6) is -0.0268. The van der Waals surface area contributed by atoms with E-state index in [-0.39, 0.29) is 37.2 Å². The van der Waals surface area contributed by atoms with Gasteiger partial charge in [-0.05, 0) is 64.1 Å². The Hall–Kier alpha value is -4.40. The molecule has 2 aliphatic heterocycles. The molecule has 0 aliphatic carbocycles. The first-order valence-electron chi connectivity index (χ1n) is 16.7. The molecule has 20 heteroatoms. The van der Waals surface area contributed by atoms with Gasteiger partial charge in [0.1, 0.15) is 21.0 Å². The van der Waals surface area contributed by atoms with E-state index >= 15 is 0 Å². The third kappa shape index (κ3) is 9.19. The van der Waals surface area contributed by atoms with Gasteiger partial charge in [0, 0.05) is 41.6 Å². The lowest BCUT2D eigenvalue weighted by Crippen LogP contribution is -2.45. The van der Waals surface area contributed by atoms with Crippen LogP contribution < -0.4 is 15.4 Å². The molecule has 0 fully saturated rings. The minimum absolute atomic E-state index is 0.00832. The number of amides is 2. The number of sulfone groups is 3. The van der Waals surface area contributed by atoms with Crippen molar-refractivity contribution in [3.05, 3.63) is 83.1 Å². The van der Waals surface area contributed by atoms with E-state index in [9.17, 15) is 34.8 Å². The molecule has 55 heavy (non-hydrogen) atoms. The molecule has 0 spiro atoms. The molecule has 2 amide bonds. The smallest absolute Gasteiger partial charge is 0.246 e. The Morgan fingerprint density at radius 3 is 1.56 bits per heavy atom. The Kier molecular flexibility index (Phi) is 11.8. The lowest BCUT2D eigenvalue weighted by Gasteiger charge is -2.26. The van der Waals surface area contributed by atoms with E-state index in [0.717, 1.165) is 6.26 Å². The van der Waals surface area contributed by atoms with E-state index < -0.39 is 50.8 Å². The van der Waals surface area contributed by atoms with Crippen LogP contribution in [-0.4, -0.2) is 67.4 Å². The van der Waals surface area contributed by atoms with Gasteiger partial charge in [0.25, 0.3) is 0 Å². The van der Waals surface area contributed by atoms with Crippen molar-refractivity contribution >= 4 is 65.1 Å². The van der Waals surface area contributed by atoms with E-state index in [1.54, 1.807) is 28.8 Å². The van der Waals surface area contributed by atoms with Crippen LogP contribution in [0.5, 0.6) is 0 Å². The zero-order chi connectivity index (χ0) is 41.6. The van der Waals surface area contributed by atoms with Crippen LogP contribution in [0.15, 0.2) is 90.4 Å². The molecule has 0 saturated heterocycles. The van der Waals surface area contributed by atoms with Crippen LogP contribution in [0.25, 0.3) is 0 Å². The number of carbonyl (C=O) groups excluding carboxylic acids is 2. The molecule has 0 atom stereocenters. The van der Waals surface area contributed by atoms with Gasteiger partial charge < -0.3 is 24.4 Å². The Labute approximate surface area is 326 Å². The summed E-state index contributed by atoms with van der Waals surface area (Å²) < 4.78 is 86.8. The van der Waals surface area contributed by atoms with Crippen LogP contribution in [-0.2, 0) is 49.9 Å². The highest BCUT2D eigenvalue weighted by molar-refractivity contribution is 7.97. The van der Waals surface area contributed by atoms with Crippen LogP contribution >= 0.6 is 12.1 Å². The molecule has 4 heterocycles. The number of aromatic nitrogens is 2. The van der Waals surface area contributed by atoms with Crippen molar-refractivity contribution in [2.75, 3.05) is 16.9 Å². The molecular weight excluding hydrogens is 793 g/mol. The second-order valence-corrected chi connectivity index (χ2v) is 23.6. The van der Waals surface area contributed by atoms with Crippen molar-refractivity contribution in [2.24, 2.45) is 0 Å². The summed E-state index contributed by atoms with van der Waals surface area (Å²) in [7, 11) is -11.5. The van der Waals surface area contributed by atoms with E-state index in [0.29, 0.717) is 17.2 Å². The fourth-order valence-corrected chi connectivity index (χ4v) is 8.62. The van der Waals surface area contributed by atoms with E-state index in [4.69, 9.17) is 9.05 Å². The molecule has 2 aromatic heterocycles. The summed E-state index contributed by atoms with van der Waals surface area (Å²) in [4.78, 5) is 25.3. The second kappa shape index (κ2) is 14.9. The Balaban J connectivity index is 0.000000245. The Bertz CT molecular complexity index is 2390. The number of carbonyl (C=O) groups is 2. The molecule has 0 saturated carbocycles. The minimum atomic E-state index is -4.11. The Morgan fingerprint density at radius 1 is 0.709 bits per heavy atom. The maximum Gasteiger partial charge on any atom is 0.246 e. The van der Waals surface area contributed by atoms with Gasteiger partial charge in [-0.2, -0.15) is 0 Å². The summed E-state index contributed by atoms with van der Waals surface area (Å²) in [6.07, 6.45) is 7.38. The van der Waals surface area contributed by atoms with E-state index in [1.807, 2.05) is 41.5 Å². The highest BCUT2D eigenvalue weighted by atomic mass is 32.2. The molecule has 5 rings (SSSR count). The number of fused-ring (bicyclic) bond motifs is 1. The molecule has 2 aliphatic rings. The molecule has 3 N–H and O–H groups in total. The van der Waals surface area contributed by atoms with E-state index in [1.165, 1.54) is 76.2 Å². The zero-order valence-electron chi connectivity index (χ0n) is 32.3. The van der Waals surface area contributed by atoms with Crippen molar-refractivity contribution in [1.29, 1.82) is 0 Å². The van der Waals surface area contributed by atoms with Gasteiger partial charge in [-0.15, -0.1) is 0 Å². The fraction of sp³-hybridized carbons (Fsp3) is 0.429. The largest absolute Gasteiger partial charge is 0.359 e. The van der Waals surface area contributed by atoms with Crippen molar-refractivity contribution in [2.45, 2.75) is 99.4 Å². The molecule has 1 aromatic carbocycles. The van der Waals surface area contributed by atoms with Gasteiger partial charge in [-0.25, -0.2) is 25.3 Å². The molecule has 0 unspecified atom stereocenters. The van der Waals surface area contributed by atoms with Gasteiger partial charge in [0.05, 0.1) is 32.5 Å². The number of benzene rings is 1. The van der Waals surface area contributed by atoms with Crippen molar-refractivity contribution < 1.29 is 43.9 Å².